The van der Waals surface area contributed by atoms with E-state index < -0.39 is 5.41 Å². The van der Waals surface area contributed by atoms with E-state index in [1.807, 2.05) is 20.8 Å². The van der Waals surface area contributed by atoms with E-state index in [-0.39, 0.29) is 5.91 Å². The summed E-state index contributed by atoms with van der Waals surface area (Å²) in [4.78, 5) is 16.0. The zero-order valence-corrected chi connectivity index (χ0v) is 10.6. The fraction of sp³-hybridized carbons (Fsp3) is 0.333. The smallest absolute Gasteiger partial charge is 0.229 e. The Bertz CT molecular complexity index is 525. The predicted octanol–water partition coefficient (Wildman–Crippen LogP) is 1.65. The largest absolute Gasteiger partial charge is 0.324 e. The molecule has 1 amide bonds. The quantitative estimate of drug-likeness (QED) is 0.873. The van der Waals surface area contributed by atoms with Crippen LogP contribution in [0.3, 0.4) is 0 Å². The molecule has 0 unspecified atom stereocenters. The Kier molecular flexibility index (Phi) is 3.10. The van der Waals surface area contributed by atoms with Crippen LogP contribution in [0, 0.1) is 5.41 Å². The van der Waals surface area contributed by atoms with Gasteiger partial charge >= 0.3 is 0 Å². The Labute approximate surface area is 105 Å². The number of aromatic nitrogens is 4. The monoisotopic (exact) mass is 245 g/mol. The number of pyridine rings is 1. The molecule has 0 saturated heterocycles. The van der Waals surface area contributed by atoms with E-state index in [9.17, 15) is 4.79 Å². The molecule has 2 aromatic heterocycles. The molecule has 0 aliphatic heterocycles. The SMILES string of the molecule is CC(C)(C)C(=O)Nc1ccc(-n2cnnc2)nc1. The molecule has 1 N–H and O–H groups in total. The summed E-state index contributed by atoms with van der Waals surface area (Å²) in [6.45, 7) is 5.59. The van der Waals surface area contributed by atoms with Gasteiger partial charge in [0, 0.05) is 5.41 Å². The molecule has 0 fully saturated rings. The standard InChI is InChI=1S/C12H15N5O/c1-12(2,3)11(18)16-9-4-5-10(13-6-9)17-7-14-15-8-17/h4-8H,1-3H3,(H,16,18). The fourth-order valence-corrected chi connectivity index (χ4v) is 1.25. The molecule has 94 valence electrons. The number of nitrogens with zero attached hydrogens (tertiary/aromatic N) is 4. The van der Waals surface area contributed by atoms with Gasteiger partial charge in [0.15, 0.2) is 0 Å². The highest BCUT2D eigenvalue weighted by Crippen LogP contribution is 2.17. The van der Waals surface area contributed by atoms with Crippen molar-refractivity contribution in [1.29, 1.82) is 0 Å². The van der Waals surface area contributed by atoms with E-state index >= 15 is 0 Å². The van der Waals surface area contributed by atoms with Gasteiger partial charge < -0.3 is 5.32 Å². The Morgan fingerprint density at radius 2 is 1.89 bits per heavy atom. The molecular weight excluding hydrogens is 230 g/mol. The van der Waals surface area contributed by atoms with E-state index in [0.717, 1.165) is 0 Å². The van der Waals surface area contributed by atoms with Gasteiger partial charge in [-0.25, -0.2) is 4.98 Å². The second-order valence-corrected chi connectivity index (χ2v) is 4.98. The van der Waals surface area contributed by atoms with Crippen LogP contribution < -0.4 is 5.32 Å². The van der Waals surface area contributed by atoms with Gasteiger partial charge in [0.25, 0.3) is 0 Å². The molecule has 0 bridgehead atoms. The van der Waals surface area contributed by atoms with E-state index in [2.05, 4.69) is 20.5 Å². The van der Waals surface area contributed by atoms with Crippen molar-refractivity contribution in [2.24, 2.45) is 5.41 Å². The number of hydrogen-bond acceptors (Lipinski definition) is 4. The summed E-state index contributed by atoms with van der Waals surface area (Å²) in [6.07, 6.45) is 4.74. The van der Waals surface area contributed by atoms with Crippen LogP contribution in [0.15, 0.2) is 31.0 Å². The first kappa shape index (κ1) is 12.2. The number of rotatable bonds is 2. The van der Waals surface area contributed by atoms with Crippen LogP contribution in [-0.4, -0.2) is 25.7 Å². The van der Waals surface area contributed by atoms with Crippen LogP contribution in [-0.2, 0) is 4.79 Å². The van der Waals surface area contributed by atoms with Gasteiger partial charge in [-0.2, -0.15) is 0 Å². The summed E-state index contributed by atoms with van der Waals surface area (Å²) >= 11 is 0. The van der Waals surface area contributed by atoms with Gasteiger partial charge in [0.2, 0.25) is 5.91 Å². The maximum absolute atomic E-state index is 11.8. The van der Waals surface area contributed by atoms with Crippen LogP contribution >= 0.6 is 0 Å². The summed E-state index contributed by atoms with van der Waals surface area (Å²) in [5, 5.41) is 10.2. The molecule has 0 aliphatic rings. The van der Waals surface area contributed by atoms with Crippen molar-refractivity contribution in [2.45, 2.75) is 20.8 Å². The summed E-state index contributed by atoms with van der Waals surface area (Å²) < 4.78 is 1.69. The van der Waals surface area contributed by atoms with Crippen LogP contribution in [0.5, 0.6) is 0 Å². The maximum atomic E-state index is 11.8. The number of anilines is 1. The minimum absolute atomic E-state index is 0.0404. The molecule has 0 aromatic carbocycles. The number of nitrogens with one attached hydrogen (secondary N) is 1. The topological polar surface area (TPSA) is 72.7 Å². The predicted molar refractivity (Wildman–Crippen MR) is 67.2 cm³/mol. The average molecular weight is 245 g/mol. The van der Waals surface area contributed by atoms with Gasteiger partial charge in [-0.1, -0.05) is 20.8 Å². The molecule has 2 aromatic rings. The maximum Gasteiger partial charge on any atom is 0.229 e. The summed E-state index contributed by atoms with van der Waals surface area (Å²) in [7, 11) is 0. The summed E-state index contributed by atoms with van der Waals surface area (Å²) in [5.74, 6) is 0.662. The third-order valence-corrected chi connectivity index (χ3v) is 2.37. The third kappa shape index (κ3) is 2.71. The van der Waals surface area contributed by atoms with Gasteiger partial charge in [-0.05, 0) is 12.1 Å². The van der Waals surface area contributed by atoms with Crippen molar-refractivity contribution in [3.8, 4) is 5.82 Å². The van der Waals surface area contributed by atoms with E-state index in [1.54, 1.807) is 35.6 Å². The van der Waals surface area contributed by atoms with Crippen molar-refractivity contribution < 1.29 is 4.79 Å². The average Bonchev–Trinajstić information content (AvgIpc) is 2.82. The minimum Gasteiger partial charge on any atom is -0.324 e. The molecule has 6 heteroatoms. The van der Waals surface area contributed by atoms with Crippen molar-refractivity contribution in [1.82, 2.24) is 19.7 Å². The molecular formula is C12H15N5O. The summed E-state index contributed by atoms with van der Waals surface area (Å²) in [5.41, 5.74) is 0.249. The lowest BCUT2D eigenvalue weighted by Crippen LogP contribution is -2.27. The second kappa shape index (κ2) is 4.56. The van der Waals surface area contributed by atoms with Crippen LogP contribution in [0.2, 0.25) is 0 Å². The zero-order valence-electron chi connectivity index (χ0n) is 10.6. The Morgan fingerprint density at radius 3 is 2.39 bits per heavy atom. The Balaban J connectivity index is 2.12. The molecule has 18 heavy (non-hydrogen) atoms. The van der Waals surface area contributed by atoms with Gasteiger partial charge in [0.05, 0.1) is 11.9 Å². The Morgan fingerprint density at radius 1 is 1.22 bits per heavy atom. The molecule has 0 saturated carbocycles. The minimum atomic E-state index is -0.424. The van der Waals surface area contributed by atoms with Crippen LogP contribution in [0.4, 0.5) is 5.69 Å². The first-order chi connectivity index (χ1) is 8.47. The lowest BCUT2D eigenvalue weighted by molar-refractivity contribution is -0.123. The lowest BCUT2D eigenvalue weighted by atomic mass is 9.96. The van der Waals surface area contributed by atoms with E-state index in [0.29, 0.717) is 11.5 Å². The molecule has 6 nitrogen and oxygen atoms in total. The number of carbonyl (C=O) groups is 1. The molecule has 0 atom stereocenters. The van der Waals surface area contributed by atoms with Crippen molar-refractivity contribution >= 4 is 11.6 Å². The Hall–Kier alpha value is -2.24. The molecule has 0 spiro atoms. The highest BCUT2D eigenvalue weighted by molar-refractivity contribution is 5.94. The van der Waals surface area contributed by atoms with Crippen molar-refractivity contribution in [2.75, 3.05) is 5.32 Å². The van der Waals surface area contributed by atoms with Gasteiger partial charge in [0.1, 0.15) is 18.5 Å². The molecule has 0 radical (unpaired) electrons. The summed E-state index contributed by atoms with van der Waals surface area (Å²) in [6, 6.07) is 3.59. The number of carbonyl (C=O) groups excluding carboxylic acids is 1. The third-order valence-electron chi connectivity index (χ3n) is 2.37. The first-order valence-corrected chi connectivity index (χ1v) is 5.59. The highest BCUT2D eigenvalue weighted by atomic mass is 16.2. The fourth-order valence-electron chi connectivity index (χ4n) is 1.25. The first-order valence-electron chi connectivity index (χ1n) is 5.59. The van der Waals surface area contributed by atoms with E-state index in [4.69, 9.17) is 0 Å². The molecule has 2 rings (SSSR count). The lowest BCUT2D eigenvalue weighted by Gasteiger charge is -2.17. The highest BCUT2D eigenvalue weighted by Gasteiger charge is 2.21. The van der Waals surface area contributed by atoms with E-state index in [1.165, 1.54) is 0 Å². The van der Waals surface area contributed by atoms with Crippen LogP contribution in [0.1, 0.15) is 20.8 Å². The molecule has 2 heterocycles. The second-order valence-electron chi connectivity index (χ2n) is 4.98. The molecule has 0 aliphatic carbocycles. The number of amides is 1. The normalized spacial score (nSPS) is 11.3. The number of hydrogen-bond donors (Lipinski definition) is 1. The zero-order chi connectivity index (χ0) is 13.2. The van der Waals surface area contributed by atoms with Crippen LogP contribution in [0.25, 0.3) is 5.82 Å². The van der Waals surface area contributed by atoms with Gasteiger partial charge in [-0.15, -0.1) is 10.2 Å². The van der Waals surface area contributed by atoms with Gasteiger partial charge in [-0.3, -0.25) is 9.36 Å². The van der Waals surface area contributed by atoms with Crippen molar-refractivity contribution in [3.05, 3.63) is 31.0 Å². The van der Waals surface area contributed by atoms with Crippen molar-refractivity contribution in [3.63, 3.8) is 0 Å².